The van der Waals surface area contributed by atoms with Gasteiger partial charge < -0.3 is 20.3 Å². The first kappa shape index (κ1) is 63.6. The molecule has 0 spiro atoms. The zero-order chi connectivity index (χ0) is 47.2. The number of aliphatic hydroxyl groups excluding tert-OH is 2. The molecule has 65 heavy (non-hydrogen) atoms. The zero-order valence-corrected chi connectivity index (χ0v) is 44.0. The van der Waals surface area contributed by atoms with Crippen molar-refractivity contribution in [1.29, 1.82) is 0 Å². The van der Waals surface area contributed by atoms with E-state index in [1.807, 2.05) is 6.08 Å². The monoisotopic (exact) mass is 918 g/mol. The molecule has 0 bridgehead atoms. The number of nitrogens with one attached hydrogen (secondary N) is 1. The fraction of sp³-hybridized carbons (Fsp3) is 0.932. The number of hydrogen-bond donors (Lipinski definition) is 3. The summed E-state index contributed by atoms with van der Waals surface area (Å²) in [4.78, 5) is 24.4. The molecule has 0 aliphatic carbocycles. The molecule has 2 atom stereocenters. The van der Waals surface area contributed by atoms with Gasteiger partial charge in [-0.3, -0.25) is 9.59 Å². The Morgan fingerprint density at radius 1 is 0.415 bits per heavy atom. The number of ether oxygens (including phenoxy) is 1. The Hall–Kier alpha value is -1.40. The Labute approximate surface area is 406 Å². The number of amides is 1. The summed E-state index contributed by atoms with van der Waals surface area (Å²) in [5, 5.41) is 22.9. The molecule has 0 saturated heterocycles. The molecule has 386 valence electrons. The van der Waals surface area contributed by atoms with Gasteiger partial charge in [0, 0.05) is 12.8 Å². The topological polar surface area (TPSA) is 95.9 Å². The molecule has 0 aromatic rings. The number of unbranched alkanes of at least 4 members (excludes halogenated alkanes) is 44. The molecule has 0 aromatic heterocycles. The molecule has 0 rings (SSSR count). The standard InChI is InChI=1S/C59H115NO5/c1-3-5-7-9-11-13-14-33-37-41-45-49-53-59(64)65-54-50-46-42-38-34-31-29-27-25-23-21-19-17-15-16-18-20-22-24-26-28-30-32-36-40-44-48-52-58(63)60-56(55-61)57(62)51-47-43-39-35-12-10-8-6-4-2/h47,51,56-57,61-62H,3-46,48-50,52-55H2,1-2H3,(H,60,63)/b51-47+. The molecule has 0 aromatic carbocycles. The van der Waals surface area contributed by atoms with Crippen LogP contribution in [0.5, 0.6) is 0 Å². The summed E-state index contributed by atoms with van der Waals surface area (Å²) in [5.74, 6) is -0.0483. The summed E-state index contributed by atoms with van der Waals surface area (Å²) >= 11 is 0. The van der Waals surface area contributed by atoms with Gasteiger partial charge in [0.1, 0.15) is 0 Å². The van der Waals surface area contributed by atoms with Crippen LogP contribution < -0.4 is 5.32 Å². The van der Waals surface area contributed by atoms with E-state index >= 15 is 0 Å². The van der Waals surface area contributed by atoms with Crippen LogP contribution in [0.15, 0.2) is 12.2 Å². The summed E-state index contributed by atoms with van der Waals surface area (Å²) < 4.78 is 5.47. The average molecular weight is 919 g/mol. The second-order valence-corrected chi connectivity index (χ2v) is 20.3. The molecule has 2 unspecified atom stereocenters. The lowest BCUT2D eigenvalue weighted by Gasteiger charge is -2.20. The van der Waals surface area contributed by atoms with Crippen LogP contribution in [0.25, 0.3) is 0 Å². The van der Waals surface area contributed by atoms with E-state index in [0.29, 0.717) is 19.4 Å². The quantitative estimate of drug-likeness (QED) is 0.0321. The van der Waals surface area contributed by atoms with Crippen molar-refractivity contribution in [3.63, 3.8) is 0 Å². The smallest absolute Gasteiger partial charge is 0.305 e. The van der Waals surface area contributed by atoms with Crippen molar-refractivity contribution in [2.24, 2.45) is 0 Å². The van der Waals surface area contributed by atoms with Gasteiger partial charge in [0.05, 0.1) is 25.4 Å². The number of aliphatic hydroxyl groups is 2. The van der Waals surface area contributed by atoms with Gasteiger partial charge in [-0.25, -0.2) is 0 Å². The lowest BCUT2D eigenvalue weighted by Crippen LogP contribution is -2.45. The maximum absolute atomic E-state index is 12.4. The highest BCUT2D eigenvalue weighted by Crippen LogP contribution is 2.18. The van der Waals surface area contributed by atoms with Gasteiger partial charge in [-0.15, -0.1) is 0 Å². The van der Waals surface area contributed by atoms with Crippen molar-refractivity contribution in [3.8, 4) is 0 Å². The van der Waals surface area contributed by atoms with Gasteiger partial charge in [-0.1, -0.05) is 296 Å². The van der Waals surface area contributed by atoms with Crippen LogP contribution in [-0.2, 0) is 14.3 Å². The molecule has 0 fully saturated rings. The predicted octanol–water partition coefficient (Wildman–Crippen LogP) is 18.1. The molecule has 6 heteroatoms. The Balaban J connectivity index is 3.32. The summed E-state index contributed by atoms with van der Waals surface area (Å²) in [6.07, 6.45) is 65.5. The Morgan fingerprint density at radius 3 is 1.05 bits per heavy atom. The van der Waals surface area contributed by atoms with Crippen LogP contribution in [-0.4, -0.2) is 47.4 Å². The van der Waals surface area contributed by atoms with Crippen LogP contribution in [0.1, 0.15) is 328 Å². The summed E-state index contributed by atoms with van der Waals surface area (Å²) in [6.45, 7) is 4.89. The first-order chi connectivity index (χ1) is 32.0. The zero-order valence-electron chi connectivity index (χ0n) is 44.0. The number of rotatable bonds is 55. The van der Waals surface area contributed by atoms with E-state index in [0.717, 1.165) is 38.5 Å². The lowest BCUT2D eigenvalue weighted by molar-refractivity contribution is -0.143. The third-order valence-electron chi connectivity index (χ3n) is 13.8. The highest BCUT2D eigenvalue weighted by molar-refractivity contribution is 5.76. The molecule has 3 N–H and O–H groups in total. The van der Waals surface area contributed by atoms with E-state index in [1.54, 1.807) is 6.08 Å². The molecule has 0 aliphatic heterocycles. The van der Waals surface area contributed by atoms with E-state index in [-0.39, 0.29) is 18.5 Å². The van der Waals surface area contributed by atoms with E-state index < -0.39 is 12.1 Å². The van der Waals surface area contributed by atoms with Crippen molar-refractivity contribution in [1.82, 2.24) is 5.32 Å². The largest absolute Gasteiger partial charge is 0.466 e. The Bertz CT molecular complexity index is 970. The number of carbonyl (C=O) groups is 2. The van der Waals surface area contributed by atoms with Gasteiger partial charge in [0.25, 0.3) is 0 Å². The fourth-order valence-electron chi connectivity index (χ4n) is 9.28. The number of allylic oxidation sites excluding steroid dienone is 1. The van der Waals surface area contributed by atoms with Crippen molar-refractivity contribution in [2.45, 2.75) is 341 Å². The number of hydrogen-bond acceptors (Lipinski definition) is 5. The average Bonchev–Trinajstić information content (AvgIpc) is 3.31. The van der Waals surface area contributed by atoms with Crippen LogP contribution in [0, 0.1) is 0 Å². The molecule has 0 aliphatic rings. The van der Waals surface area contributed by atoms with E-state index in [9.17, 15) is 19.8 Å². The predicted molar refractivity (Wildman–Crippen MR) is 283 cm³/mol. The summed E-state index contributed by atoms with van der Waals surface area (Å²) in [7, 11) is 0. The third kappa shape index (κ3) is 51.8. The van der Waals surface area contributed by atoms with Crippen molar-refractivity contribution in [2.75, 3.05) is 13.2 Å². The van der Waals surface area contributed by atoms with Crippen molar-refractivity contribution < 1.29 is 24.5 Å². The number of carbonyl (C=O) groups excluding carboxylic acids is 2. The minimum atomic E-state index is -0.839. The normalized spacial score (nSPS) is 12.6. The Kier molecular flexibility index (Phi) is 54.0. The van der Waals surface area contributed by atoms with Crippen molar-refractivity contribution in [3.05, 3.63) is 12.2 Å². The molecular weight excluding hydrogens is 803 g/mol. The van der Waals surface area contributed by atoms with Gasteiger partial charge in [-0.05, 0) is 32.1 Å². The number of esters is 1. The summed E-state index contributed by atoms with van der Waals surface area (Å²) in [5.41, 5.74) is 0. The molecular formula is C59H115NO5. The highest BCUT2D eigenvalue weighted by Gasteiger charge is 2.18. The van der Waals surface area contributed by atoms with Gasteiger partial charge >= 0.3 is 5.97 Å². The van der Waals surface area contributed by atoms with Gasteiger partial charge in [0.2, 0.25) is 5.91 Å². The minimum absolute atomic E-state index is 0.0185. The van der Waals surface area contributed by atoms with Crippen LogP contribution in [0.4, 0.5) is 0 Å². The van der Waals surface area contributed by atoms with Gasteiger partial charge in [-0.2, -0.15) is 0 Å². The van der Waals surface area contributed by atoms with E-state index in [2.05, 4.69) is 19.2 Å². The first-order valence-corrected chi connectivity index (χ1v) is 29.5. The molecule has 0 saturated carbocycles. The van der Waals surface area contributed by atoms with E-state index in [4.69, 9.17) is 4.74 Å². The van der Waals surface area contributed by atoms with Crippen LogP contribution in [0.3, 0.4) is 0 Å². The Morgan fingerprint density at radius 2 is 0.708 bits per heavy atom. The molecule has 0 heterocycles. The third-order valence-corrected chi connectivity index (χ3v) is 13.8. The highest BCUT2D eigenvalue weighted by atomic mass is 16.5. The second kappa shape index (κ2) is 55.2. The maximum Gasteiger partial charge on any atom is 0.305 e. The second-order valence-electron chi connectivity index (χ2n) is 20.3. The molecule has 0 radical (unpaired) electrons. The SMILES string of the molecule is CCCCCCCCC/C=C/C(O)C(CO)NC(=O)CCCCCCCCCCCCCCCCCCCCCCCCCCCCCOC(=O)CCCCCCCCCCCCCC. The maximum atomic E-state index is 12.4. The molecule has 6 nitrogen and oxygen atoms in total. The van der Waals surface area contributed by atoms with Gasteiger partial charge in [0.15, 0.2) is 0 Å². The molecule has 1 amide bonds. The van der Waals surface area contributed by atoms with Crippen LogP contribution >= 0.6 is 0 Å². The lowest BCUT2D eigenvalue weighted by atomic mass is 10.0. The minimum Gasteiger partial charge on any atom is -0.466 e. The van der Waals surface area contributed by atoms with Crippen molar-refractivity contribution >= 4 is 11.9 Å². The van der Waals surface area contributed by atoms with E-state index in [1.165, 1.54) is 263 Å². The van der Waals surface area contributed by atoms with Crippen LogP contribution in [0.2, 0.25) is 0 Å². The summed E-state index contributed by atoms with van der Waals surface area (Å²) in [6, 6.07) is -0.622. The fourth-order valence-corrected chi connectivity index (χ4v) is 9.28. The first-order valence-electron chi connectivity index (χ1n) is 29.5.